The van der Waals surface area contributed by atoms with Crippen molar-refractivity contribution in [3.05, 3.63) is 25.3 Å². The van der Waals surface area contributed by atoms with Crippen molar-refractivity contribution in [1.29, 1.82) is 0 Å². The molecule has 21 heavy (non-hydrogen) atoms. The minimum absolute atomic E-state index is 0.190. The van der Waals surface area contributed by atoms with Gasteiger partial charge in [0.25, 0.3) is 5.91 Å². The zero-order valence-electron chi connectivity index (χ0n) is 12.7. The van der Waals surface area contributed by atoms with Crippen molar-refractivity contribution >= 4 is 11.9 Å². The Balaban J connectivity index is 2.32. The number of carbonyl (C=O) groups excluding carboxylic acids is 2. The number of rotatable bonds is 6. The molecule has 0 spiro atoms. The summed E-state index contributed by atoms with van der Waals surface area (Å²) < 4.78 is 0. The van der Waals surface area contributed by atoms with Crippen LogP contribution in [0.15, 0.2) is 25.3 Å². The van der Waals surface area contributed by atoms with Crippen LogP contribution >= 0.6 is 0 Å². The van der Waals surface area contributed by atoms with E-state index in [1.165, 1.54) is 4.90 Å². The molecular formula is C16H25N3O2. The SMILES string of the molecule is C=CCC(N)(CC=C)N1C(=O)NC(C)(C2CCCC2)C1=O. The van der Waals surface area contributed by atoms with Gasteiger partial charge in [-0.3, -0.25) is 4.79 Å². The first-order chi connectivity index (χ1) is 9.89. The number of hydrogen-bond acceptors (Lipinski definition) is 3. The fourth-order valence-corrected chi connectivity index (χ4v) is 3.61. The van der Waals surface area contributed by atoms with Crippen molar-refractivity contribution in [2.45, 2.75) is 56.7 Å². The maximum absolute atomic E-state index is 12.9. The van der Waals surface area contributed by atoms with Crippen molar-refractivity contribution in [3.8, 4) is 0 Å². The van der Waals surface area contributed by atoms with E-state index in [0.29, 0.717) is 12.8 Å². The van der Waals surface area contributed by atoms with Crippen LogP contribution in [0.1, 0.15) is 45.4 Å². The van der Waals surface area contributed by atoms with E-state index in [1.807, 2.05) is 6.92 Å². The van der Waals surface area contributed by atoms with Gasteiger partial charge in [-0.05, 0) is 25.7 Å². The predicted molar refractivity (Wildman–Crippen MR) is 82.3 cm³/mol. The zero-order valence-corrected chi connectivity index (χ0v) is 12.7. The zero-order chi connectivity index (χ0) is 15.7. The van der Waals surface area contributed by atoms with E-state index in [2.05, 4.69) is 18.5 Å². The average molecular weight is 291 g/mol. The Morgan fingerprint density at radius 3 is 2.33 bits per heavy atom. The lowest BCUT2D eigenvalue weighted by atomic mass is 9.83. The molecule has 5 nitrogen and oxygen atoms in total. The molecule has 3 N–H and O–H groups in total. The van der Waals surface area contributed by atoms with Gasteiger partial charge in [0.05, 0.1) is 0 Å². The van der Waals surface area contributed by atoms with E-state index in [4.69, 9.17) is 5.73 Å². The van der Waals surface area contributed by atoms with Crippen LogP contribution in [0.2, 0.25) is 0 Å². The summed E-state index contributed by atoms with van der Waals surface area (Å²) in [7, 11) is 0. The normalized spacial score (nSPS) is 27.0. The minimum atomic E-state index is -1.08. The highest BCUT2D eigenvalue weighted by Crippen LogP contribution is 2.39. The molecule has 0 radical (unpaired) electrons. The van der Waals surface area contributed by atoms with Crippen molar-refractivity contribution in [1.82, 2.24) is 10.2 Å². The summed E-state index contributed by atoms with van der Waals surface area (Å²) in [5.74, 6) is -0.0266. The first-order valence-electron chi connectivity index (χ1n) is 7.56. The van der Waals surface area contributed by atoms with Crippen molar-refractivity contribution in [3.63, 3.8) is 0 Å². The largest absolute Gasteiger partial charge is 0.326 e. The van der Waals surface area contributed by atoms with Crippen LogP contribution in [-0.2, 0) is 4.79 Å². The Morgan fingerprint density at radius 2 is 1.86 bits per heavy atom. The predicted octanol–water partition coefficient (Wildman–Crippen LogP) is 2.29. The number of hydrogen-bond donors (Lipinski definition) is 2. The third kappa shape index (κ3) is 2.50. The number of amides is 3. The van der Waals surface area contributed by atoms with E-state index in [9.17, 15) is 9.59 Å². The fraction of sp³-hybridized carbons (Fsp3) is 0.625. The Morgan fingerprint density at radius 1 is 1.33 bits per heavy atom. The molecule has 5 heteroatoms. The molecular weight excluding hydrogens is 266 g/mol. The molecule has 2 rings (SSSR count). The highest BCUT2D eigenvalue weighted by atomic mass is 16.2. The second-order valence-electron chi connectivity index (χ2n) is 6.34. The lowest BCUT2D eigenvalue weighted by molar-refractivity contribution is -0.136. The maximum atomic E-state index is 12.9. The number of nitrogens with two attached hydrogens (primary N) is 1. The van der Waals surface area contributed by atoms with Gasteiger partial charge in [-0.15, -0.1) is 13.2 Å². The van der Waals surface area contributed by atoms with Crippen LogP contribution in [0.4, 0.5) is 4.79 Å². The number of carbonyl (C=O) groups is 2. The third-order valence-corrected chi connectivity index (χ3v) is 4.83. The molecule has 116 valence electrons. The number of imide groups is 1. The minimum Gasteiger partial charge on any atom is -0.323 e. The van der Waals surface area contributed by atoms with Crippen LogP contribution in [-0.4, -0.2) is 28.0 Å². The fourth-order valence-electron chi connectivity index (χ4n) is 3.61. The smallest absolute Gasteiger partial charge is 0.323 e. The van der Waals surface area contributed by atoms with E-state index in [-0.39, 0.29) is 11.8 Å². The number of urea groups is 1. The van der Waals surface area contributed by atoms with E-state index in [1.54, 1.807) is 12.2 Å². The molecule has 1 aliphatic carbocycles. The molecule has 1 saturated heterocycles. The van der Waals surface area contributed by atoms with Gasteiger partial charge in [0.1, 0.15) is 11.2 Å². The van der Waals surface area contributed by atoms with Gasteiger partial charge < -0.3 is 11.1 Å². The Labute approximate surface area is 126 Å². The van der Waals surface area contributed by atoms with Crippen molar-refractivity contribution < 1.29 is 9.59 Å². The molecule has 1 saturated carbocycles. The highest BCUT2D eigenvalue weighted by Gasteiger charge is 2.57. The van der Waals surface area contributed by atoms with Gasteiger partial charge in [0.15, 0.2) is 0 Å². The van der Waals surface area contributed by atoms with Gasteiger partial charge in [-0.1, -0.05) is 25.0 Å². The van der Waals surface area contributed by atoms with Gasteiger partial charge in [-0.25, -0.2) is 9.69 Å². The van der Waals surface area contributed by atoms with E-state index in [0.717, 1.165) is 25.7 Å². The standard InChI is InChI=1S/C16H25N3O2/c1-4-10-16(17,11-5-2)19-13(20)15(3,18-14(19)21)12-8-6-7-9-12/h4-5,12H,1-2,6-11,17H2,3H3,(H,18,21). The Kier molecular flexibility index (Phi) is 4.23. The summed E-state index contributed by atoms with van der Waals surface area (Å²) in [6.07, 6.45) is 8.11. The summed E-state index contributed by atoms with van der Waals surface area (Å²) in [5, 5.41) is 2.88. The van der Waals surface area contributed by atoms with Crippen molar-refractivity contribution in [2.75, 3.05) is 0 Å². The summed E-state index contributed by atoms with van der Waals surface area (Å²) in [4.78, 5) is 26.5. The van der Waals surface area contributed by atoms with Crippen LogP contribution in [0.3, 0.4) is 0 Å². The average Bonchev–Trinajstić information content (AvgIpc) is 2.99. The van der Waals surface area contributed by atoms with Crippen LogP contribution < -0.4 is 11.1 Å². The monoisotopic (exact) mass is 291 g/mol. The summed E-state index contributed by atoms with van der Waals surface area (Å²) in [5.41, 5.74) is 4.41. The quantitative estimate of drug-likeness (QED) is 0.582. The third-order valence-electron chi connectivity index (χ3n) is 4.83. The van der Waals surface area contributed by atoms with Gasteiger partial charge in [-0.2, -0.15) is 0 Å². The van der Waals surface area contributed by atoms with E-state index >= 15 is 0 Å². The molecule has 1 unspecified atom stereocenters. The summed E-state index contributed by atoms with van der Waals surface area (Å²) in [6.45, 7) is 9.18. The maximum Gasteiger partial charge on any atom is 0.326 e. The first kappa shape index (κ1) is 15.8. The number of nitrogens with zero attached hydrogens (tertiary/aromatic N) is 1. The molecule has 0 aromatic heterocycles. The molecule has 1 aliphatic heterocycles. The molecule has 1 atom stereocenters. The topological polar surface area (TPSA) is 75.4 Å². The summed E-state index contributed by atoms with van der Waals surface area (Å²) >= 11 is 0. The molecule has 0 aromatic carbocycles. The molecule has 0 aromatic rings. The Bertz CT molecular complexity index is 458. The first-order valence-corrected chi connectivity index (χ1v) is 7.56. The van der Waals surface area contributed by atoms with Crippen LogP contribution in [0.5, 0.6) is 0 Å². The van der Waals surface area contributed by atoms with Crippen LogP contribution in [0, 0.1) is 5.92 Å². The lowest BCUT2D eigenvalue weighted by Crippen LogP contribution is -2.59. The molecule has 2 aliphatic rings. The van der Waals surface area contributed by atoms with Gasteiger partial charge in [0.2, 0.25) is 0 Å². The lowest BCUT2D eigenvalue weighted by Gasteiger charge is -2.36. The molecule has 1 heterocycles. The van der Waals surface area contributed by atoms with E-state index < -0.39 is 17.2 Å². The highest BCUT2D eigenvalue weighted by molar-refractivity contribution is 6.07. The second-order valence-corrected chi connectivity index (χ2v) is 6.34. The Hall–Kier alpha value is -1.62. The molecule has 0 bridgehead atoms. The van der Waals surface area contributed by atoms with Crippen molar-refractivity contribution in [2.24, 2.45) is 11.7 Å². The second kappa shape index (κ2) is 5.64. The number of nitrogens with one attached hydrogen (secondary N) is 1. The van der Waals surface area contributed by atoms with Gasteiger partial charge >= 0.3 is 6.03 Å². The molecule has 2 fully saturated rings. The molecule has 3 amide bonds. The van der Waals surface area contributed by atoms with Crippen LogP contribution in [0.25, 0.3) is 0 Å². The summed E-state index contributed by atoms with van der Waals surface area (Å²) in [6, 6.07) is -0.402. The van der Waals surface area contributed by atoms with Gasteiger partial charge in [0, 0.05) is 12.8 Å².